The zero-order valence-corrected chi connectivity index (χ0v) is 13.1. The molecule has 0 aromatic carbocycles. The number of carbonyl (C=O) groups excluding carboxylic acids is 3. The third-order valence-electron chi connectivity index (χ3n) is 4.03. The van der Waals surface area contributed by atoms with Gasteiger partial charge in [0.2, 0.25) is 17.7 Å². The normalized spacial score (nSPS) is 21.4. The molecule has 3 heterocycles. The third kappa shape index (κ3) is 3.03. The topological polar surface area (TPSA) is 109 Å². The van der Waals surface area contributed by atoms with Crippen molar-refractivity contribution < 1.29 is 18.9 Å². The molecule has 2 saturated heterocycles. The maximum Gasteiger partial charge on any atom is 0.325 e. The zero-order chi connectivity index (χ0) is 16.6. The molecular weight excluding hydrogens is 302 g/mol. The lowest BCUT2D eigenvalue weighted by atomic mass is 10.2. The molecule has 124 valence electrons. The van der Waals surface area contributed by atoms with Crippen LogP contribution in [0.5, 0.6) is 0 Å². The van der Waals surface area contributed by atoms with Crippen LogP contribution in [0.3, 0.4) is 0 Å². The molecule has 1 aromatic rings. The molecule has 9 nitrogen and oxygen atoms in total. The number of hydrogen-bond acceptors (Lipinski definition) is 6. The molecule has 0 spiro atoms. The molecule has 0 bridgehead atoms. The zero-order valence-electron chi connectivity index (χ0n) is 13.1. The smallest absolute Gasteiger partial charge is 0.325 e. The molecule has 23 heavy (non-hydrogen) atoms. The van der Waals surface area contributed by atoms with Gasteiger partial charge in [-0.15, -0.1) is 0 Å². The monoisotopic (exact) mass is 321 g/mol. The Balaban J connectivity index is 1.69. The van der Waals surface area contributed by atoms with Crippen LogP contribution in [0.1, 0.15) is 50.4 Å². The molecule has 3 rings (SSSR count). The molecule has 9 heteroatoms. The van der Waals surface area contributed by atoms with Crippen molar-refractivity contribution in [3.63, 3.8) is 0 Å². The molecule has 1 atom stereocenters. The number of hydrogen-bond donors (Lipinski definition) is 1. The largest absolute Gasteiger partial charge is 0.337 e. The van der Waals surface area contributed by atoms with Gasteiger partial charge in [-0.05, 0) is 12.8 Å². The summed E-state index contributed by atoms with van der Waals surface area (Å²) in [5.74, 6) is 0.587. The van der Waals surface area contributed by atoms with Crippen LogP contribution in [0.2, 0.25) is 0 Å². The summed E-state index contributed by atoms with van der Waals surface area (Å²) in [5, 5.41) is 6.09. The number of amides is 4. The van der Waals surface area contributed by atoms with E-state index in [4.69, 9.17) is 4.52 Å². The number of likely N-dealkylation sites (tertiary alicyclic amines) is 1. The van der Waals surface area contributed by atoms with Gasteiger partial charge in [-0.25, -0.2) is 4.79 Å². The van der Waals surface area contributed by atoms with E-state index in [1.54, 1.807) is 4.90 Å². The number of urea groups is 1. The van der Waals surface area contributed by atoms with Crippen LogP contribution in [-0.2, 0) is 9.59 Å². The Bertz CT molecular complexity index is 641. The van der Waals surface area contributed by atoms with Gasteiger partial charge in [0, 0.05) is 12.5 Å². The molecular formula is C14H19N5O4. The van der Waals surface area contributed by atoms with Gasteiger partial charge in [-0.3, -0.25) is 14.9 Å². The van der Waals surface area contributed by atoms with E-state index in [0.29, 0.717) is 18.3 Å². The van der Waals surface area contributed by atoms with E-state index < -0.39 is 6.03 Å². The fourth-order valence-corrected chi connectivity index (χ4v) is 2.80. The van der Waals surface area contributed by atoms with Crippen LogP contribution in [-0.4, -0.2) is 57.4 Å². The highest BCUT2D eigenvalue weighted by Crippen LogP contribution is 2.31. The van der Waals surface area contributed by atoms with Gasteiger partial charge >= 0.3 is 6.03 Å². The highest BCUT2D eigenvalue weighted by atomic mass is 16.5. The van der Waals surface area contributed by atoms with Gasteiger partial charge in [0.25, 0.3) is 0 Å². The van der Waals surface area contributed by atoms with Gasteiger partial charge in [0.05, 0.1) is 0 Å². The predicted molar refractivity (Wildman–Crippen MR) is 77.2 cm³/mol. The number of aromatic nitrogens is 2. The second-order valence-electron chi connectivity index (χ2n) is 6.10. The minimum Gasteiger partial charge on any atom is -0.337 e. The van der Waals surface area contributed by atoms with Crippen molar-refractivity contribution >= 4 is 17.8 Å². The summed E-state index contributed by atoms with van der Waals surface area (Å²) in [4.78, 5) is 42.4. The second-order valence-corrected chi connectivity index (χ2v) is 6.10. The van der Waals surface area contributed by atoms with E-state index in [-0.39, 0.29) is 36.9 Å². The lowest BCUT2D eigenvalue weighted by Gasteiger charge is -2.24. The Morgan fingerprint density at radius 3 is 2.83 bits per heavy atom. The van der Waals surface area contributed by atoms with Crippen molar-refractivity contribution in [2.24, 2.45) is 0 Å². The summed E-state index contributed by atoms with van der Waals surface area (Å²) in [6.07, 6.45) is 1.58. The Hall–Kier alpha value is -2.45. The maximum absolute atomic E-state index is 12.5. The Labute approximate surface area is 133 Å². The molecule has 2 aliphatic heterocycles. The predicted octanol–water partition coefficient (Wildman–Crippen LogP) is 0.408. The van der Waals surface area contributed by atoms with Crippen molar-refractivity contribution in [2.45, 2.75) is 38.6 Å². The Morgan fingerprint density at radius 1 is 1.43 bits per heavy atom. The van der Waals surface area contributed by atoms with Gasteiger partial charge in [0.15, 0.2) is 5.82 Å². The van der Waals surface area contributed by atoms with Crippen LogP contribution in [0.25, 0.3) is 0 Å². The summed E-state index contributed by atoms with van der Waals surface area (Å²) in [5.41, 5.74) is 0. The van der Waals surface area contributed by atoms with Crippen LogP contribution in [0.4, 0.5) is 4.79 Å². The lowest BCUT2D eigenvalue weighted by molar-refractivity contribution is -0.133. The third-order valence-corrected chi connectivity index (χ3v) is 4.03. The fraction of sp³-hybridized carbons (Fsp3) is 0.643. The summed E-state index contributed by atoms with van der Waals surface area (Å²) in [6.45, 7) is 4.30. The number of nitrogens with zero attached hydrogens (tertiary/aromatic N) is 4. The quantitative estimate of drug-likeness (QED) is 0.805. The number of imide groups is 1. The van der Waals surface area contributed by atoms with E-state index in [2.05, 4.69) is 15.5 Å². The first-order chi connectivity index (χ1) is 11.0. The van der Waals surface area contributed by atoms with Crippen LogP contribution < -0.4 is 5.32 Å². The summed E-state index contributed by atoms with van der Waals surface area (Å²) >= 11 is 0. The van der Waals surface area contributed by atoms with Gasteiger partial charge in [0.1, 0.15) is 19.1 Å². The minimum absolute atomic E-state index is 0.0822. The summed E-state index contributed by atoms with van der Waals surface area (Å²) < 4.78 is 5.30. The average molecular weight is 321 g/mol. The highest BCUT2D eigenvalue weighted by Gasteiger charge is 2.36. The first-order valence-corrected chi connectivity index (χ1v) is 7.67. The Morgan fingerprint density at radius 2 is 2.22 bits per heavy atom. The average Bonchev–Trinajstić information content (AvgIpc) is 3.18. The molecule has 2 fully saturated rings. The van der Waals surface area contributed by atoms with Crippen LogP contribution in [0, 0.1) is 0 Å². The molecule has 2 aliphatic rings. The molecule has 0 radical (unpaired) electrons. The molecule has 4 amide bonds. The number of carbonyl (C=O) groups is 3. The van der Waals surface area contributed by atoms with Crippen molar-refractivity contribution in [3.05, 3.63) is 11.7 Å². The number of nitrogens with one attached hydrogen (secondary N) is 1. The fourth-order valence-electron chi connectivity index (χ4n) is 2.80. The minimum atomic E-state index is -0.529. The van der Waals surface area contributed by atoms with Crippen molar-refractivity contribution in [1.29, 1.82) is 0 Å². The van der Waals surface area contributed by atoms with E-state index in [9.17, 15) is 14.4 Å². The van der Waals surface area contributed by atoms with Crippen molar-refractivity contribution in [2.75, 3.05) is 19.6 Å². The summed E-state index contributed by atoms with van der Waals surface area (Å²) in [6, 6.07) is -0.789. The van der Waals surface area contributed by atoms with Gasteiger partial charge < -0.3 is 14.3 Å². The summed E-state index contributed by atoms with van der Waals surface area (Å²) in [7, 11) is 0. The number of rotatable bonds is 4. The SMILES string of the molecule is CC(C)c1noc([C@H]2CCCN2C(=O)CN2CC(=O)NC2=O)n1. The highest BCUT2D eigenvalue weighted by molar-refractivity contribution is 6.03. The second kappa shape index (κ2) is 5.98. The first kappa shape index (κ1) is 15.4. The molecule has 1 N–H and O–H groups in total. The van der Waals surface area contributed by atoms with E-state index in [1.807, 2.05) is 13.8 Å². The van der Waals surface area contributed by atoms with Gasteiger partial charge in [-0.2, -0.15) is 4.98 Å². The van der Waals surface area contributed by atoms with Crippen LogP contribution in [0.15, 0.2) is 4.52 Å². The molecule has 0 saturated carbocycles. The molecule has 0 aliphatic carbocycles. The molecule has 1 aromatic heterocycles. The van der Waals surface area contributed by atoms with Crippen molar-refractivity contribution in [1.82, 2.24) is 25.3 Å². The van der Waals surface area contributed by atoms with E-state index >= 15 is 0 Å². The van der Waals surface area contributed by atoms with Crippen molar-refractivity contribution in [3.8, 4) is 0 Å². The first-order valence-electron chi connectivity index (χ1n) is 7.67. The molecule has 0 unspecified atom stereocenters. The van der Waals surface area contributed by atoms with E-state index in [1.165, 1.54) is 4.90 Å². The van der Waals surface area contributed by atoms with Crippen LogP contribution >= 0.6 is 0 Å². The lowest BCUT2D eigenvalue weighted by Crippen LogP contribution is -2.41. The van der Waals surface area contributed by atoms with E-state index in [0.717, 1.165) is 12.8 Å². The Kier molecular flexibility index (Phi) is 4.01. The van der Waals surface area contributed by atoms with Gasteiger partial charge in [-0.1, -0.05) is 19.0 Å². The standard InChI is InChI=1S/C14H19N5O4/c1-8(2)12-16-13(23-17-12)9-4-3-5-19(9)11(21)7-18-6-10(20)15-14(18)22/h8-9H,3-7H2,1-2H3,(H,15,20,22)/t9-/m1/s1. The maximum atomic E-state index is 12.5.